The first-order valence-electron chi connectivity index (χ1n) is 12.7. The van der Waals surface area contributed by atoms with Crippen LogP contribution in [0.25, 0.3) is 0 Å². The van der Waals surface area contributed by atoms with Crippen molar-refractivity contribution in [2.24, 2.45) is 0 Å². The molecule has 0 saturated heterocycles. The van der Waals surface area contributed by atoms with Gasteiger partial charge in [-0.05, 0) is 68.3 Å². The van der Waals surface area contributed by atoms with Crippen LogP contribution in [0.1, 0.15) is 32.8 Å². The minimum atomic E-state index is -4.22. The van der Waals surface area contributed by atoms with Crippen molar-refractivity contribution in [3.05, 3.63) is 88.4 Å². The van der Waals surface area contributed by atoms with E-state index in [-0.39, 0.29) is 39.1 Å². The minimum Gasteiger partial charge on any atom is -0.497 e. The molecule has 3 rings (SSSR count). The molecule has 40 heavy (non-hydrogen) atoms. The van der Waals surface area contributed by atoms with E-state index in [1.807, 2.05) is 13.8 Å². The smallest absolute Gasteiger partial charge is 0.264 e. The first kappa shape index (κ1) is 31.3. The highest BCUT2D eigenvalue weighted by Crippen LogP contribution is 2.30. The molecule has 2 atom stereocenters. The molecule has 11 heteroatoms. The molecule has 214 valence electrons. The highest BCUT2D eigenvalue weighted by atomic mass is 35.5. The Hall–Kier alpha value is -3.27. The molecule has 1 N–H and O–H groups in total. The lowest BCUT2D eigenvalue weighted by molar-refractivity contribution is -0.139. The number of nitrogens with zero attached hydrogens (tertiary/aromatic N) is 2. The van der Waals surface area contributed by atoms with Gasteiger partial charge in [0, 0.05) is 22.6 Å². The van der Waals surface area contributed by atoms with Crippen molar-refractivity contribution >= 4 is 50.7 Å². The van der Waals surface area contributed by atoms with Crippen LogP contribution in [0.2, 0.25) is 10.0 Å². The van der Waals surface area contributed by atoms with E-state index in [2.05, 4.69) is 5.32 Å². The van der Waals surface area contributed by atoms with Crippen LogP contribution < -0.4 is 14.4 Å². The van der Waals surface area contributed by atoms with Gasteiger partial charge < -0.3 is 15.0 Å². The Morgan fingerprint density at radius 2 is 1.60 bits per heavy atom. The molecule has 0 aliphatic carbocycles. The zero-order valence-corrected chi connectivity index (χ0v) is 25.1. The van der Waals surface area contributed by atoms with Crippen LogP contribution in [-0.4, -0.2) is 50.9 Å². The zero-order chi connectivity index (χ0) is 29.4. The Morgan fingerprint density at radius 3 is 2.20 bits per heavy atom. The highest BCUT2D eigenvalue weighted by molar-refractivity contribution is 7.92. The molecular weight excluding hydrogens is 573 g/mol. The van der Waals surface area contributed by atoms with Crippen molar-refractivity contribution in [2.45, 2.75) is 50.7 Å². The first-order chi connectivity index (χ1) is 19.0. The van der Waals surface area contributed by atoms with Gasteiger partial charge in [0.15, 0.2) is 0 Å². The summed E-state index contributed by atoms with van der Waals surface area (Å²) >= 11 is 12.4. The summed E-state index contributed by atoms with van der Waals surface area (Å²) in [5, 5.41) is 3.32. The number of methoxy groups -OCH3 is 1. The maximum atomic E-state index is 14.0. The standard InChI is InChI=1S/C29H33Cl2N3O5S/c1-5-20(2)32-29(36)21(3)33(18-22-10-9-11-26(14-22)39-4)28(35)19-34(25-16-23(30)15-24(31)17-25)40(37,38)27-12-7-6-8-13-27/h6-17,20-21H,5,18-19H2,1-4H3,(H,32,36)/t20-,21-/m1/s1. The Bertz CT molecular complexity index is 1420. The summed E-state index contributed by atoms with van der Waals surface area (Å²) < 4.78 is 33.9. The second-order valence-electron chi connectivity index (χ2n) is 9.32. The van der Waals surface area contributed by atoms with E-state index in [1.54, 1.807) is 49.4 Å². The molecular formula is C29H33Cl2N3O5S. The summed E-state index contributed by atoms with van der Waals surface area (Å²) in [6, 6.07) is 18.2. The predicted molar refractivity (Wildman–Crippen MR) is 158 cm³/mol. The highest BCUT2D eigenvalue weighted by Gasteiger charge is 2.33. The summed E-state index contributed by atoms with van der Waals surface area (Å²) in [7, 11) is -2.69. The molecule has 0 spiro atoms. The molecule has 0 aliphatic rings. The molecule has 0 heterocycles. The van der Waals surface area contributed by atoms with Crippen molar-refractivity contribution in [2.75, 3.05) is 18.0 Å². The van der Waals surface area contributed by atoms with E-state index in [0.29, 0.717) is 17.7 Å². The number of hydrogen-bond acceptors (Lipinski definition) is 5. The molecule has 0 radical (unpaired) electrons. The van der Waals surface area contributed by atoms with Gasteiger partial charge in [0.05, 0.1) is 17.7 Å². The maximum Gasteiger partial charge on any atom is 0.264 e. The lowest BCUT2D eigenvalue weighted by Gasteiger charge is -2.32. The second-order valence-corrected chi connectivity index (χ2v) is 12.1. The lowest BCUT2D eigenvalue weighted by atomic mass is 10.1. The number of anilines is 1. The molecule has 3 aromatic rings. The number of carbonyl (C=O) groups excluding carboxylic acids is 2. The van der Waals surface area contributed by atoms with E-state index in [9.17, 15) is 18.0 Å². The fraction of sp³-hybridized carbons (Fsp3) is 0.310. The number of hydrogen-bond donors (Lipinski definition) is 1. The summed E-state index contributed by atoms with van der Waals surface area (Å²) in [4.78, 5) is 28.5. The number of rotatable bonds is 12. The first-order valence-corrected chi connectivity index (χ1v) is 14.9. The lowest BCUT2D eigenvalue weighted by Crippen LogP contribution is -2.52. The Balaban J connectivity index is 2.05. The number of nitrogens with one attached hydrogen (secondary N) is 1. The fourth-order valence-electron chi connectivity index (χ4n) is 3.95. The van der Waals surface area contributed by atoms with E-state index in [0.717, 1.165) is 4.31 Å². The Kier molecular flexibility index (Phi) is 10.8. The zero-order valence-electron chi connectivity index (χ0n) is 22.8. The van der Waals surface area contributed by atoms with Gasteiger partial charge in [0.2, 0.25) is 11.8 Å². The molecule has 8 nitrogen and oxygen atoms in total. The van der Waals surface area contributed by atoms with Crippen LogP contribution in [0.3, 0.4) is 0 Å². The molecule has 0 saturated carbocycles. The molecule has 0 aromatic heterocycles. The molecule has 0 unspecified atom stereocenters. The van der Waals surface area contributed by atoms with Crippen molar-refractivity contribution in [3.8, 4) is 5.75 Å². The third-order valence-electron chi connectivity index (χ3n) is 6.40. The number of ether oxygens (including phenoxy) is 1. The number of sulfonamides is 1. The average Bonchev–Trinajstić information content (AvgIpc) is 2.93. The monoisotopic (exact) mass is 605 g/mol. The van der Waals surface area contributed by atoms with Crippen LogP contribution in [0.4, 0.5) is 5.69 Å². The quantitative estimate of drug-likeness (QED) is 0.293. The second kappa shape index (κ2) is 13.9. The van der Waals surface area contributed by atoms with Gasteiger partial charge in [-0.2, -0.15) is 0 Å². The van der Waals surface area contributed by atoms with Gasteiger partial charge >= 0.3 is 0 Å². The van der Waals surface area contributed by atoms with E-state index in [1.165, 1.54) is 42.3 Å². The van der Waals surface area contributed by atoms with Crippen LogP contribution in [0.5, 0.6) is 5.75 Å². The average molecular weight is 607 g/mol. The molecule has 0 fully saturated rings. The van der Waals surface area contributed by atoms with Crippen molar-refractivity contribution in [1.82, 2.24) is 10.2 Å². The van der Waals surface area contributed by atoms with Gasteiger partial charge in [-0.3, -0.25) is 13.9 Å². The summed E-state index contributed by atoms with van der Waals surface area (Å²) in [5.74, 6) is -0.359. The van der Waals surface area contributed by atoms with Gasteiger partial charge in [-0.1, -0.05) is 60.5 Å². The van der Waals surface area contributed by atoms with E-state index in [4.69, 9.17) is 27.9 Å². The maximum absolute atomic E-state index is 14.0. The normalized spacial score (nSPS) is 12.8. The number of carbonyl (C=O) groups is 2. The van der Waals surface area contributed by atoms with Crippen molar-refractivity contribution in [3.63, 3.8) is 0 Å². The SMILES string of the molecule is CC[C@@H](C)NC(=O)[C@@H](C)N(Cc1cccc(OC)c1)C(=O)CN(c1cc(Cl)cc(Cl)c1)S(=O)(=O)c1ccccc1. The van der Waals surface area contributed by atoms with Crippen molar-refractivity contribution in [1.29, 1.82) is 0 Å². The van der Waals surface area contributed by atoms with Gasteiger partial charge in [-0.15, -0.1) is 0 Å². The van der Waals surface area contributed by atoms with E-state index >= 15 is 0 Å². The number of halogens is 2. The number of benzene rings is 3. The summed E-state index contributed by atoms with van der Waals surface area (Å²) in [6.45, 7) is 4.87. The van der Waals surface area contributed by atoms with Crippen LogP contribution >= 0.6 is 23.2 Å². The summed E-state index contributed by atoms with van der Waals surface area (Å²) in [5.41, 5.74) is 0.826. The van der Waals surface area contributed by atoms with Gasteiger partial charge in [0.25, 0.3) is 10.0 Å². The number of amides is 2. The molecule has 2 amide bonds. The third-order valence-corrected chi connectivity index (χ3v) is 8.63. The van der Waals surface area contributed by atoms with Crippen LogP contribution in [0.15, 0.2) is 77.7 Å². The fourth-order valence-corrected chi connectivity index (χ4v) is 5.88. The molecule has 3 aromatic carbocycles. The Morgan fingerprint density at radius 1 is 0.950 bits per heavy atom. The largest absolute Gasteiger partial charge is 0.497 e. The minimum absolute atomic E-state index is 0.0131. The van der Waals surface area contributed by atoms with Gasteiger partial charge in [0.1, 0.15) is 18.3 Å². The van der Waals surface area contributed by atoms with Gasteiger partial charge in [-0.25, -0.2) is 8.42 Å². The third kappa shape index (κ3) is 7.90. The van der Waals surface area contributed by atoms with Crippen LogP contribution in [-0.2, 0) is 26.2 Å². The Labute approximate surface area is 245 Å². The topological polar surface area (TPSA) is 96.0 Å². The summed E-state index contributed by atoms with van der Waals surface area (Å²) in [6.07, 6.45) is 0.709. The predicted octanol–water partition coefficient (Wildman–Crippen LogP) is 5.53. The van der Waals surface area contributed by atoms with Crippen molar-refractivity contribution < 1.29 is 22.7 Å². The van der Waals surface area contributed by atoms with Crippen LogP contribution in [0, 0.1) is 0 Å². The molecule has 0 bridgehead atoms. The molecule has 0 aliphatic heterocycles. The van der Waals surface area contributed by atoms with E-state index < -0.39 is 28.5 Å².